The van der Waals surface area contributed by atoms with Gasteiger partial charge in [0.15, 0.2) is 12.3 Å². The van der Waals surface area contributed by atoms with Gasteiger partial charge in [-0.15, -0.1) is 5.10 Å². The van der Waals surface area contributed by atoms with Crippen LogP contribution in [-0.4, -0.2) is 60.3 Å². The number of nitrogens with zero attached hydrogens (tertiary/aromatic N) is 3. The van der Waals surface area contributed by atoms with E-state index in [1.54, 1.807) is 18.8 Å². The molecular formula is C17H26N4O4. The maximum atomic E-state index is 12.0. The Bertz CT molecular complexity index is 729. The first-order valence-electron chi connectivity index (χ1n) is 8.22. The fourth-order valence-corrected chi connectivity index (χ4v) is 2.54. The first-order chi connectivity index (χ1) is 11.9. The molecule has 138 valence electrons. The third kappa shape index (κ3) is 5.14. The summed E-state index contributed by atoms with van der Waals surface area (Å²) in [5.41, 5.74) is 2.68. The molecule has 0 saturated heterocycles. The van der Waals surface area contributed by atoms with Crippen molar-refractivity contribution in [3.8, 4) is 5.88 Å². The van der Waals surface area contributed by atoms with E-state index < -0.39 is 0 Å². The molecule has 1 amide bonds. The van der Waals surface area contributed by atoms with Gasteiger partial charge in [-0.1, -0.05) is 0 Å². The van der Waals surface area contributed by atoms with Crippen molar-refractivity contribution in [3.05, 3.63) is 17.3 Å². The summed E-state index contributed by atoms with van der Waals surface area (Å²) < 4.78 is 17.6. The second-order valence-electron chi connectivity index (χ2n) is 6.03. The van der Waals surface area contributed by atoms with Gasteiger partial charge >= 0.3 is 0 Å². The highest BCUT2D eigenvalue weighted by Crippen LogP contribution is 2.26. The summed E-state index contributed by atoms with van der Waals surface area (Å²) in [6, 6.07) is 1.86. The summed E-state index contributed by atoms with van der Waals surface area (Å²) in [6.45, 7) is 7.13. The number of nitrogens with one attached hydrogen (secondary N) is 1. The molecule has 2 aromatic heterocycles. The van der Waals surface area contributed by atoms with Crippen LogP contribution in [0.4, 0.5) is 0 Å². The molecule has 0 spiro atoms. The summed E-state index contributed by atoms with van der Waals surface area (Å²) in [6.07, 6.45) is 0. The molecule has 1 N–H and O–H groups in total. The Kier molecular flexibility index (Phi) is 6.72. The summed E-state index contributed by atoms with van der Waals surface area (Å²) in [5, 5.41) is 7.98. The van der Waals surface area contributed by atoms with Crippen molar-refractivity contribution in [2.24, 2.45) is 7.05 Å². The summed E-state index contributed by atoms with van der Waals surface area (Å²) in [7, 11) is 3.42. The fraction of sp³-hybridized carbons (Fsp3) is 0.588. The van der Waals surface area contributed by atoms with Crippen LogP contribution < -0.4 is 10.1 Å². The van der Waals surface area contributed by atoms with Gasteiger partial charge in [-0.05, 0) is 32.4 Å². The van der Waals surface area contributed by atoms with Crippen LogP contribution in [0.15, 0.2) is 6.07 Å². The first kappa shape index (κ1) is 19.1. The normalized spacial score (nSPS) is 12.4. The molecule has 1 atom stereocenters. The lowest BCUT2D eigenvalue weighted by Crippen LogP contribution is -2.39. The molecule has 0 aliphatic heterocycles. The lowest BCUT2D eigenvalue weighted by molar-refractivity contribution is -0.124. The molecule has 0 aliphatic rings. The first-order valence-corrected chi connectivity index (χ1v) is 8.22. The molecular weight excluding hydrogens is 324 g/mol. The predicted molar refractivity (Wildman–Crippen MR) is 93.8 cm³/mol. The summed E-state index contributed by atoms with van der Waals surface area (Å²) >= 11 is 0. The Morgan fingerprint density at radius 2 is 2.12 bits per heavy atom. The Morgan fingerprint density at radius 3 is 2.84 bits per heavy atom. The lowest BCUT2D eigenvalue weighted by Gasteiger charge is -2.14. The Morgan fingerprint density at radius 1 is 1.36 bits per heavy atom. The molecule has 2 aromatic rings. The van der Waals surface area contributed by atoms with E-state index in [-0.39, 0.29) is 18.6 Å². The van der Waals surface area contributed by atoms with E-state index >= 15 is 0 Å². The zero-order chi connectivity index (χ0) is 18.4. The number of ether oxygens (including phenoxy) is 3. The van der Waals surface area contributed by atoms with E-state index in [0.717, 1.165) is 22.3 Å². The molecule has 1 unspecified atom stereocenters. The number of aryl methyl sites for hydroxylation is 3. The number of hydrogen-bond acceptors (Lipinski definition) is 6. The van der Waals surface area contributed by atoms with Gasteiger partial charge in [-0.25, -0.2) is 9.67 Å². The number of rotatable bonds is 9. The Balaban J connectivity index is 1.91. The number of carbonyl (C=O) groups excluding carboxylic acids is 1. The Labute approximate surface area is 147 Å². The minimum absolute atomic E-state index is 0.109. The van der Waals surface area contributed by atoms with Gasteiger partial charge in [0.2, 0.25) is 5.88 Å². The van der Waals surface area contributed by atoms with Crippen LogP contribution in [0.2, 0.25) is 0 Å². The quantitative estimate of drug-likeness (QED) is 0.682. The van der Waals surface area contributed by atoms with Crippen LogP contribution in [0, 0.1) is 13.8 Å². The highest BCUT2D eigenvalue weighted by Gasteiger charge is 2.16. The standard InChI is InChI=1S/C17H26N4O4/c1-11-8-12(2)19-16-15(11)17(20-21(16)4)25-10-14(22)18-13(3)9-24-7-6-23-5/h8,13H,6-7,9-10H2,1-5H3,(H,18,22). The van der Waals surface area contributed by atoms with Crippen molar-refractivity contribution < 1.29 is 19.0 Å². The number of fused-ring (bicyclic) bond motifs is 1. The molecule has 8 heteroatoms. The molecule has 0 aromatic carbocycles. The van der Waals surface area contributed by atoms with Crippen molar-refractivity contribution in [1.29, 1.82) is 0 Å². The minimum Gasteiger partial charge on any atom is -0.466 e. The number of carbonyl (C=O) groups is 1. The minimum atomic E-state index is -0.223. The van der Waals surface area contributed by atoms with Crippen LogP contribution in [0.25, 0.3) is 11.0 Å². The van der Waals surface area contributed by atoms with Gasteiger partial charge in [0, 0.05) is 25.9 Å². The second kappa shape index (κ2) is 8.77. The monoisotopic (exact) mass is 350 g/mol. The molecule has 0 fully saturated rings. The zero-order valence-electron chi connectivity index (χ0n) is 15.5. The number of amides is 1. The average Bonchev–Trinajstić information content (AvgIpc) is 2.86. The van der Waals surface area contributed by atoms with Crippen LogP contribution in [0.1, 0.15) is 18.2 Å². The smallest absolute Gasteiger partial charge is 0.258 e. The number of methoxy groups -OCH3 is 1. The van der Waals surface area contributed by atoms with Crippen molar-refractivity contribution >= 4 is 16.9 Å². The second-order valence-corrected chi connectivity index (χ2v) is 6.03. The third-order valence-electron chi connectivity index (χ3n) is 3.63. The maximum Gasteiger partial charge on any atom is 0.258 e. The molecule has 25 heavy (non-hydrogen) atoms. The van der Waals surface area contributed by atoms with Crippen LogP contribution in [0.3, 0.4) is 0 Å². The number of aromatic nitrogens is 3. The van der Waals surface area contributed by atoms with Crippen molar-refractivity contribution in [1.82, 2.24) is 20.1 Å². The van der Waals surface area contributed by atoms with Crippen LogP contribution >= 0.6 is 0 Å². The maximum absolute atomic E-state index is 12.0. The third-order valence-corrected chi connectivity index (χ3v) is 3.63. The van der Waals surface area contributed by atoms with Crippen LogP contribution in [-0.2, 0) is 21.3 Å². The fourth-order valence-electron chi connectivity index (χ4n) is 2.54. The van der Waals surface area contributed by atoms with Crippen molar-refractivity contribution in [2.75, 3.05) is 33.5 Å². The van der Waals surface area contributed by atoms with Gasteiger partial charge in [-0.2, -0.15) is 0 Å². The predicted octanol–water partition coefficient (Wildman–Crippen LogP) is 1.13. The van der Waals surface area contributed by atoms with E-state index in [1.807, 2.05) is 26.8 Å². The van der Waals surface area contributed by atoms with Gasteiger partial charge in [0.25, 0.3) is 5.91 Å². The van der Waals surface area contributed by atoms with Gasteiger partial charge in [0.05, 0.1) is 25.2 Å². The van der Waals surface area contributed by atoms with E-state index in [4.69, 9.17) is 14.2 Å². The van der Waals surface area contributed by atoms with Crippen molar-refractivity contribution in [3.63, 3.8) is 0 Å². The lowest BCUT2D eigenvalue weighted by atomic mass is 10.2. The van der Waals surface area contributed by atoms with Gasteiger partial charge < -0.3 is 19.5 Å². The molecule has 2 heterocycles. The zero-order valence-corrected chi connectivity index (χ0v) is 15.5. The topological polar surface area (TPSA) is 87.5 Å². The summed E-state index contributed by atoms with van der Waals surface area (Å²) in [5.74, 6) is 0.195. The number of hydrogen-bond donors (Lipinski definition) is 1. The highest BCUT2D eigenvalue weighted by molar-refractivity contribution is 5.85. The molecule has 2 rings (SSSR count). The molecule has 8 nitrogen and oxygen atoms in total. The molecule has 0 saturated carbocycles. The Hall–Kier alpha value is -2.19. The molecule has 0 bridgehead atoms. The summed E-state index contributed by atoms with van der Waals surface area (Å²) in [4.78, 5) is 16.5. The highest BCUT2D eigenvalue weighted by atomic mass is 16.5. The van der Waals surface area contributed by atoms with Gasteiger partial charge in [0.1, 0.15) is 0 Å². The van der Waals surface area contributed by atoms with Gasteiger partial charge in [-0.3, -0.25) is 4.79 Å². The molecule has 0 radical (unpaired) electrons. The van der Waals surface area contributed by atoms with E-state index in [0.29, 0.717) is 25.7 Å². The SMILES string of the molecule is COCCOCC(C)NC(=O)COc1nn(C)c2nc(C)cc(C)c12. The number of pyridine rings is 1. The van der Waals surface area contributed by atoms with E-state index in [1.165, 1.54) is 0 Å². The van der Waals surface area contributed by atoms with E-state index in [2.05, 4.69) is 15.4 Å². The molecule has 0 aliphatic carbocycles. The van der Waals surface area contributed by atoms with Crippen LogP contribution in [0.5, 0.6) is 5.88 Å². The largest absolute Gasteiger partial charge is 0.466 e. The average molecular weight is 350 g/mol. The van der Waals surface area contributed by atoms with E-state index in [9.17, 15) is 4.79 Å². The van der Waals surface area contributed by atoms with Crippen molar-refractivity contribution in [2.45, 2.75) is 26.8 Å².